The third-order valence-corrected chi connectivity index (χ3v) is 3.80. The Labute approximate surface area is 117 Å². The third-order valence-electron chi connectivity index (χ3n) is 3.35. The SMILES string of the molecule is Cc1cc(C(Cl)c2c(C)cccc2C)c(F)cc1F. The zero-order chi connectivity index (χ0) is 14.2. The molecule has 2 aromatic carbocycles. The van der Waals surface area contributed by atoms with Crippen molar-refractivity contribution in [3.05, 3.63) is 69.8 Å². The van der Waals surface area contributed by atoms with Gasteiger partial charge in [-0.2, -0.15) is 0 Å². The minimum absolute atomic E-state index is 0.318. The molecule has 2 aromatic rings. The van der Waals surface area contributed by atoms with E-state index in [2.05, 4.69) is 0 Å². The molecule has 0 aliphatic rings. The van der Waals surface area contributed by atoms with Gasteiger partial charge in [-0.1, -0.05) is 18.2 Å². The zero-order valence-corrected chi connectivity index (χ0v) is 11.9. The minimum Gasteiger partial charge on any atom is -0.207 e. The largest absolute Gasteiger partial charge is 0.207 e. The lowest BCUT2D eigenvalue weighted by atomic mass is 9.94. The van der Waals surface area contributed by atoms with E-state index in [1.807, 2.05) is 32.0 Å². The first-order valence-electron chi connectivity index (χ1n) is 6.07. The highest BCUT2D eigenvalue weighted by Gasteiger charge is 2.20. The van der Waals surface area contributed by atoms with Gasteiger partial charge in [-0.15, -0.1) is 11.6 Å². The maximum atomic E-state index is 13.9. The Bertz CT molecular complexity index is 600. The molecule has 0 fully saturated rings. The predicted molar refractivity (Wildman–Crippen MR) is 74.7 cm³/mol. The molecule has 0 amide bonds. The number of hydrogen-bond donors (Lipinski definition) is 0. The topological polar surface area (TPSA) is 0 Å². The molecule has 1 unspecified atom stereocenters. The fourth-order valence-corrected chi connectivity index (χ4v) is 2.77. The normalized spacial score (nSPS) is 12.5. The Hall–Kier alpha value is -1.41. The van der Waals surface area contributed by atoms with Crippen LogP contribution < -0.4 is 0 Å². The van der Waals surface area contributed by atoms with Crippen LogP contribution in [-0.4, -0.2) is 0 Å². The first-order valence-corrected chi connectivity index (χ1v) is 6.51. The number of aryl methyl sites for hydroxylation is 3. The Morgan fingerprint density at radius 2 is 1.47 bits per heavy atom. The highest BCUT2D eigenvalue weighted by Crippen LogP contribution is 2.35. The summed E-state index contributed by atoms with van der Waals surface area (Å²) in [7, 11) is 0. The molecule has 3 heteroatoms. The van der Waals surface area contributed by atoms with Gasteiger partial charge in [0.1, 0.15) is 11.6 Å². The van der Waals surface area contributed by atoms with E-state index in [1.54, 1.807) is 6.92 Å². The average molecular weight is 281 g/mol. The summed E-state index contributed by atoms with van der Waals surface area (Å²) < 4.78 is 27.2. The first-order chi connectivity index (χ1) is 8.91. The monoisotopic (exact) mass is 280 g/mol. The molecule has 0 aromatic heterocycles. The van der Waals surface area contributed by atoms with Gasteiger partial charge in [0.2, 0.25) is 0 Å². The molecule has 0 aliphatic carbocycles. The van der Waals surface area contributed by atoms with Crippen LogP contribution in [0.1, 0.15) is 33.2 Å². The Balaban J connectivity index is 2.56. The fourth-order valence-electron chi connectivity index (χ4n) is 2.26. The summed E-state index contributed by atoms with van der Waals surface area (Å²) in [6, 6.07) is 8.18. The van der Waals surface area contributed by atoms with Crippen LogP contribution in [0.15, 0.2) is 30.3 Å². The van der Waals surface area contributed by atoms with Crippen molar-refractivity contribution in [1.82, 2.24) is 0 Å². The van der Waals surface area contributed by atoms with E-state index in [4.69, 9.17) is 11.6 Å². The van der Waals surface area contributed by atoms with Gasteiger partial charge < -0.3 is 0 Å². The second kappa shape index (κ2) is 5.30. The number of rotatable bonds is 2. The lowest BCUT2D eigenvalue weighted by Crippen LogP contribution is -2.03. The number of hydrogen-bond acceptors (Lipinski definition) is 0. The Kier molecular flexibility index (Phi) is 3.91. The minimum atomic E-state index is -0.611. The molecule has 0 radical (unpaired) electrons. The van der Waals surface area contributed by atoms with Crippen molar-refractivity contribution in [3.63, 3.8) is 0 Å². The van der Waals surface area contributed by atoms with E-state index in [9.17, 15) is 8.78 Å². The van der Waals surface area contributed by atoms with Gasteiger partial charge in [0.05, 0.1) is 5.38 Å². The van der Waals surface area contributed by atoms with Crippen LogP contribution in [-0.2, 0) is 0 Å². The van der Waals surface area contributed by atoms with Crippen molar-refractivity contribution in [2.24, 2.45) is 0 Å². The molecule has 0 saturated carbocycles. The van der Waals surface area contributed by atoms with Gasteiger partial charge >= 0.3 is 0 Å². The van der Waals surface area contributed by atoms with Crippen molar-refractivity contribution < 1.29 is 8.78 Å². The summed E-state index contributed by atoms with van der Waals surface area (Å²) in [4.78, 5) is 0. The zero-order valence-electron chi connectivity index (χ0n) is 11.1. The molecule has 19 heavy (non-hydrogen) atoms. The molecule has 0 bridgehead atoms. The van der Waals surface area contributed by atoms with E-state index < -0.39 is 17.0 Å². The first kappa shape index (κ1) is 14.0. The fraction of sp³-hybridized carbons (Fsp3) is 0.250. The molecule has 0 spiro atoms. The van der Waals surface area contributed by atoms with Crippen molar-refractivity contribution in [1.29, 1.82) is 0 Å². The van der Waals surface area contributed by atoms with Gasteiger partial charge in [0.15, 0.2) is 0 Å². The number of alkyl halides is 1. The predicted octanol–water partition coefficient (Wildman–Crippen LogP) is 5.22. The van der Waals surface area contributed by atoms with E-state index in [1.165, 1.54) is 6.07 Å². The smallest absolute Gasteiger partial charge is 0.131 e. The highest BCUT2D eigenvalue weighted by molar-refractivity contribution is 6.22. The van der Waals surface area contributed by atoms with Gasteiger partial charge in [0, 0.05) is 11.6 Å². The summed E-state index contributed by atoms with van der Waals surface area (Å²) in [5, 5.41) is -0.611. The van der Waals surface area contributed by atoms with Crippen LogP contribution in [0.5, 0.6) is 0 Å². The van der Waals surface area contributed by atoms with Crippen LogP contribution >= 0.6 is 11.6 Å². The van der Waals surface area contributed by atoms with Gasteiger partial charge in [-0.25, -0.2) is 8.78 Å². The third kappa shape index (κ3) is 2.64. The summed E-state index contributed by atoms with van der Waals surface area (Å²) >= 11 is 6.41. The van der Waals surface area contributed by atoms with Crippen LogP contribution in [0.25, 0.3) is 0 Å². The molecule has 0 heterocycles. The quantitative estimate of drug-likeness (QED) is 0.662. The average Bonchev–Trinajstić information content (AvgIpc) is 2.33. The molecular weight excluding hydrogens is 266 g/mol. The van der Waals surface area contributed by atoms with Gasteiger partial charge in [0.25, 0.3) is 0 Å². The van der Waals surface area contributed by atoms with E-state index in [-0.39, 0.29) is 0 Å². The second-order valence-corrected chi connectivity index (χ2v) is 5.23. The molecule has 0 saturated heterocycles. The summed E-state index contributed by atoms with van der Waals surface area (Å²) in [5.74, 6) is -1.16. The van der Waals surface area contributed by atoms with Crippen LogP contribution in [0.4, 0.5) is 8.78 Å². The van der Waals surface area contributed by atoms with Crippen molar-refractivity contribution in [3.8, 4) is 0 Å². The maximum absolute atomic E-state index is 13.9. The van der Waals surface area contributed by atoms with E-state index in [0.29, 0.717) is 11.1 Å². The standard InChI is InChI=1S/C16H15ClF2/c1-9-5-4-6-10(2)15(9)16(17)12-7-11(3)13(18)8-14(12)19/h4-8,16H,1-3H3. The van der Waals surface area contributed by atoms with E-state index in [0.717, 1.165) is 22.8 Å². The number of benzene rings is 2. The van der Waals surface area contributed by atoms with Crippen LogP contribution in [0.3, 0.4) is 0 Å². The molecule has 0 nitrogen and oxygen atoms in total. The molecule has 0 N–H and O–H groups in total. The van der Waals surface area contributed by atoms with E-state index >= 15 is 0 Å². The summed E-state index contributed by atoms with van der Waals surface area (Å²) in [5.41, 5.74) is 3.60. The molecule has 1 atom stereocenters. The van der Waals surface area contributed by atoms with Crippen LogP contribution in [0, 0.1) is 32.4 Å². The van der Waals surface area contributed by atoms with Crippen molar-refractivity contribution in [2.45, 2.75) is 26.1 Å². The van der Waals surface area contributed by atoms with Crippen LogP contribution in [0.2, 0.25) is 0 Å². The Morgan fingerprint density at radius 3 is 2.05 bits per heavy atom. The maximum Gasteiger partial charge on any atom is 0.131 e. The number of halogens is 3. The Morgan fingerprint density at radius 1 is 0.895 bits per heavy atom. The van der Waals surface area contributed by atoms with Crippen molar-refractivity contribution in [2.75, 3.05) is 0 Å². The molecular formula is C16H15ClF2. The van der Waals surface area contributed by atoms with Crippen molar-refractivity contribution >= 4 is 11.6 Å². The highest BCUT2D eigenvalue weighted by atomic mass is 35.5. The van der Waals surface area contributed by atoms with Gasteiger partial charge in [-0.3, -0.25) is 0 Å². The van der Waals surface area contributed by atoms with Gasteiger partial charge in [-0.05, 0) is 49.1 Å². The molecule has 100 valence electrons. The lowest BCUT2D eigenvalue weighted by Gasteiger charge is -2.17. The summed E-state index contributed by atoms with van der Waals surface area (Å²) in [6.45, 7) is 5.48. The molecule has 2 rings (SSSR count). The summed E-state index contributed by atoms with van der Waals surface area (Å²) in [6.07, 6.45) is 0. The lowest BCUT2D eigenvalue weighted by molar-refractivity contribution is 0.568. The molecule has 0 aliphatic heterocycles. The second-order valence-electron chi connectivity index (χ2n) is 4.79.